The smallest absolute Gasteiger partial charge is 0.146 e. The number of nitrogens with two attached hydrogens (primary N) is 1. The molecule has 3 nitrogen and oxygen atoms in total. The van der Waals surface area contributed by atoms with Gasteiger partial charge in [0.25, 0.3) is 0 Å². The van der Waals surface area contributed by atoms with Crippen LogP contribution in [0.3, 0.4) is 0 Å². The zero-order valence-corrected chi connectivity index (χ0v) is 7.42. The number of hydrogen-bond acceptors (Lipinski definition) is 3. The fourth-order valence-corrected chi connectivity index (χ4v) is 1.08. The van der Waals surface area contributed by atoms with Gasteiger partial charge in [-0.15, -0.1) is 0 Å². The van der Waals surface area contributed by atoms with Gasteiger partial charge in [0.15, 0.2) is 0 Å². The molecule has 0 radical (unpaired) electrons. The van der Waals surface area contributed by atoms with Crippen LogP contribution in [-0.4, -0.2) is 18.7 Å². The molecule has 0 aliphatic carbocycles. The molecule has 1 rings (SSSR count). The third-order valence-corrected chi connectivity index (χ3v) is 1.80. The van der Waals surface area contributed by atoms with Crippen LogP contribution in [0.5, 0.6) is 0 Å². The van der Waals surface area contributed by atoms with Crippen LogP contribution in [0, 0.1) is 5.82 Å². The quantitative estimate of drug-likeness (QED) is 0.605. The molecule has 0 bridgehead atoms. The average Bonchev–Trinajstić information content (AvgIpc) is 2.10. The van der Waals surface area contributed by atoms with Crippen molar-refractivity contribution in [2.75, 3.05) is 19.3 Å². The van der Waals surface area contributed by atoms with Gasteiger partial charge in [-0.3, -0.25) is 0 Å². The van der Waals surface area contributed by atoms with E-state index in [1.807, 2.05) is 0 Å². The van der Waals surface area contributed by atoms with E-state index in [4.69, 9.17) is 5.73 Å². The number of aliphatic hydroxyl groups excluding tert-OH is 1. The SMILES string of the molecule is CNCC(O)c1ccc(F)c(N)c1. The van der Waals surface area contributed by atoms with Crippen molar-refractivity contribution >= 4 is 5.69 Å². The van der Waals surface area contributed by atoms with Gasteiger partial charge in [-0.05, 0) is 24.7 Å². The predicted molar refractivity (Wildman–Crippen MR) is 49.7 cm³/mol. The Morgan fingerprint density at radius 3 is 2.85 bits per heavy atom. The number of rotatable bonds is 3. The van der Waals surface area contributed by atoms with Gasteiger partial charge in [0.1, 0.15) is 5.82 Å². The Kier molecular flexibility index (Phi) is 3.22. The van der Waals surface area contributed by atoms with Crippen molar-refractivity contribution in [1.29, 1.82) is 0 Å². The summed E-state index contributed by atoms with van der Waals surface area (Å²) in [6.07, 6.45) is -0.645. The third-order valence-electron chi connectivity index (χ3n) is 1.80. The molecule has 0 amide bonds. The lowest BCUT2D eigenvalue weighted by molar-refractivity contribution is 0.178. The summed E-state index contributed by atoms with van der Waals surface area (Å²) in [5.74, 6) is -0.458. The van der Waals surface area contributed by atoms with E-state index in [2.05, 4.69) is 5.32 Å². The second-order valence-corrected chi connectivity index (χ2v) is 2.85. The zero-order chi connectivity index (χ0) is 9.84. The Balaban J connectivity index is 2.84. The van der Waals surface area contributed by atoms with Crippen molar-refractivity contribution < 1.29 is 9.50 Å². The van der Waals surface area contributed by atoms with E-state index in [1.54, 1.807) is 7.05 Å². The molecule has 0 fully saturated rings. The molecule has 0 saturated carbocycles. The molecule has 1 aromatic carbocycles. The van der Waals surface area contributed by atoms with E-state index in [9.17, 15) is 9.50 Å². The van der Waals surface area contributed by atoms with Crippen LogP contribution in [0.2, 0.25) is 0 Å². The first-order valence-corrected chi connectivity index (χ1v) is 4.02. The number of likely N-dealkylation sites (N-methyl/N-ethyl adjacent to an activating group) is 1. The van der Waals surface area contributed by atoms with Gasteiger partial charge >= 0.3 is 0 Å². The predicted octanol–water partition coefficient (Wildman–Crippen LogP) is 0.661. The monoisotopic (exact) mass is 184 g/mol. The summed E-state index contributed by atoms with van der Waals surface area (Å²) >= 11 is 0. The topological polar surface area (TPSA) is 58.3 Å². The Hall–Kier alpha value is -1.13. The Morgan fingerprint density at radius 2 is 2.31 bits per heavy atom. The fraction of sp³-hybridized carbons (Fsp3) is 0.333. The third kappa shape index (κ3) is 2.40. The van der Waals surface area contributed by atoms with Gasteiger partial charge in [0, 0.05) is 6.54 Å². The molecule has 1 aromatic rings. The molecule has 0 spiro atoms. The summed E-state index contributed by atoms with van der Waals surface area (Å²) in [6, 6.07) is 4.22. The molecule has 4 heteroatoms. The summed E-state index contributed by atoms with van der Waals surface area (Å²) < 4.78 is 12.7. The number of aliphatic hydroxyl groups is 1. The van der Waals surface area contributed by atoms with Crippen LogP contribution in [0.4, 0.5) is 10.1 Å². The number of halogens is 1. The van der Waals surface area contributed by atoms with Crippen LogP contribution < -0.4 is 11.1 Å². The molecule has 4 N–H and O–H groups in total. The number of nitrogen functional groups attached to an aromatic ring is 1. The molecule has 1 atom stereocenters. The maximum Gasteiger partial charge on any atom is 0.146 e. The number of benzene rings is 1. The van der Waals surface area contributed by atoms with Crippen LogP contribution in [-0.2, 0) is 0 Å². The number of nitrogens with one attached hydrogen (secondary N) is 1. The summed E-state index contributed by atoms with van der Waals surface area (Å²) in [6.45, 7) is 0.422. The lowest BCUT2D eigenvalue weighted by Gasteiger charge is -2.10. The molecule has 0 heterocycles. The number of hydrogen-bond donors (Lipinski definition) is 3. The number of anilines is 1. The van der Waals surface area contributed by atoms with Crippen molar-refractivity contribution in [3.8, 4) is 0 Å². The minimum Gasteiger partial charge on any atom is -0.396 e. The molecule has 1 unspecified atom stereocenters. The maximum atomic E-state index is 12.7. The minimum atomic E-state index is -0.645. The molecule has 0 aliphatic heterocycles. The van der Waals surface area contributed by atoms with Crippen LogP contribution in [0.1, 0.15) is 11.7 Å². The van der Waals surface area contributed by atoms with Crippen molar-refractivity contribution in [2.24, 2.45) is 0 Å². The van der Waals surface area contributed by atoms with E-state index in [0.29, 0.717) is 12.1 Å². The molecule has 13 heavy (non-hydrogen) atoms. The highest BCUT2D eigenvalue weighted by Crippen LogP contribution is 2.17. The molecular formula is C9H13FN2O. The van der Waals surface area contributed by atoms with E-state index in [1.165, 1.54) is 18.2 Å². The van der Waals surface area contributed by atoms with Gasteiger partial charge in [-0.2, -0.15) is 0 Å². The summed E-state index contributed by atoms with van der Waals surface area (Å²) in [4.78, 5) is 0. The second-order valence-electron chi connectivity index (χ2n) is 2.85. The van der Waals surface area contributed by atoms with Gasteiger partial charge in [-0.1, -0.05) is 6.07 Å². The van der Waals surface area contributed by atoms with Crippen LogP contribution in [0.15, 0.2) is 18.2 Å². The van der Waals surface area contributed by atoms with Crippen LogP contribution in [0.25, 0.3) is 0 Å². The summed E-state index contributed by atoms with van der Waals surface area (Å²) in [7, 11) is 1.73. The first-order valence-electron chi connectivity index (χ1n) is 4.02. The standard InChI is InChI=1S/C9H13FN2O/c1-12-5-9(13)6-2-3-7(10)8(11)4-6/h2-4,9,12-13H,5,11H2,1H3. The normalized spacial score (nSPS) is 12.8. The lowest BCUT2D eigenvalue weighted by Crippen LogP contribution is -2.16. The fourth-order valence-electron chi connectivity index (χ4n) is 1.08. The highest BCUT2D eigenvalue weighted by molar-refractivity contribution is 5.43. The molecule has 0 saturated heterocycles. The highest BCUT2D eigenvalue weighted by Gasteiger charge is 2.07. The van der Waals surface area contributed by atoms with E-state index in [0.717, 1.165) is 0 Å². The van der Waals surface area contributed by atoms with E-state index in [-0.39, 0.29) is 5.69 Å². The van der Waals surface area contributed by atoms with Crippen molar-refractivity contribution in [2.45, 2.75) is 6.10 Å². The lowest BCUT2D eigenvalue weighted by atomic mass is 10.1. The van der Waals surface area contributed by atoms with Gasteiger partial charge in [0.2, 0.25) is 0 Å². The van der Waals surface area contributed by atoms with Crippen molar-refractivity contribution in [1.82, 2.24) is 5.32 Å². The maximum absolute atomic E-state index is 12.7. The van der Waals surface area contributed by atoms with Crippen molar-refractivity contribution in [3.05, 3.63) is 29.6 Å². The summed E-state index contributed by atoms with van der Waals surface area (Å²) in [5, 5.41) is 12.3. The van der Waals surface area contributed by atoms with Crippen molar-refractivity contribution in [3.63, 3.8) is 0 Å². The van der Waals surface area contributed by atoms with E-state index >= 15 is 0 Å². The van der Waals surface area contributed by atoms with Gasteiger partial charge in [0.05, 0.1) is 11.8 Å². The Morgan fingerprint density at radius 1 is 1.62 bits per heavy atom. The summed E-state index contributed by atoms with van der Waals surface area (Å²) in [5.41, 5.74) is 6.03. The Bertz CT molecular complexity index is 291. The highest BCUT2D eigenvalue weighted by atomic mass is 19.1. The van der Waals surface area contributed by atoms with Gasteiger partial charge in [-0.25, -0.2) is 4.39 Å². The van der Waals surface area contributed by atoms with E-state index < -0.39 is 11.9 Å². The first kappa shape index (κ1) is 9.95. The first-order chi connectivity index (χ1) is 6.15. The largest absolute Gasteiger partial charge is 0.396 e. The molecular weight excluding hydrogens is 171 g/mol. The molecule has 72 valence electrons. The van der Waals surface area contributed by atoms with Crippen LogP contribution >= 0.6 is 0 Å². The average molecular weight is 184 g/mol. The molecule has 0 aliphatic rings. The molecule has 0 aromatic heterocycles. The second kappa shape index (κ2) is 4.20. The Labute approximate surface area is 76.4 Å². The van der Waals surface area contributed by atoms with Gasteiger partial charge < -0.3 is 16.2 Å². The minimum absolute atomic E-state index is 0.0626. The zero-order valence-electron chi connectivity index (χ0n) is 7.42.